The second kappa shape index (κ2) is 7.42. The van der Waals surface area contributed by atoms with Crippen LogP contribution in [0.5, 0.6) is 5.88 Å². The molecule has 120 valence electrons. The van der Waals surface area contributed by atoms with Crippen molar-refractivity contribution in [3.63, 3.8) is 0 Å². The van der Waals surface area contributed by atoms with Crippen LogP contribution in [0.15, 0.2) is 42.6 Å². The summed E-state index contributed by atoms with van der Waals surface area (Å²) in [5.41, 5.74) is 0.984. The number of hydrogen-bond donors (Lipinski definition) is 0. The quantitative estimate of drug-likeness (QED) is 0.864. The van der Waals surface area contributed by atoms with E-state index in [-0.39, 0.29) is 12.0 Å². The summed E-state index contributed by atoms with van der Waals surface area (Å²) in [5, 5.41) is 8.41. The van der Waals surface area contributed by atoms with Gasteiger partial charge in [-0.1, -0.05) is 23.7 Å². The number of nitrogens with zero attached hydrogens (tertiary/aromatic N) is 3. The number of ether oxygens (including phenoxy) is 1. The van der Waals surface area contributed by atoms with Gasteiger partial charge >= 0.3 is 0 Å². The standard InChI is InChI=1S/C17H18ClN3O2/c18-14-5-3-13(4-6-14)12-17(22)21-10-7-15(8-11-21)23-16-2-1-9-19-20-16/h1-6,9,15H,7-8,10-12H2. The van der Waals surface area contributed by atoms with E-state index >= 15 is 0 Å². The molecule has 2 heterocycles. The fraction of sp³-hybridized carbons (Fsp3) is 0.353. The van der Waals surface area contributed by atoms with E-state index in [2.05, 4.69) is 10.2 Å². The van der Waals surface area contributed by atoms with Gasteiger partial charge in [0.2, 0.25) is 11.8 Å². The molecule has 0 aliphatic carbocycles. The fourth-order valence-electron chi connectivity index (χ4n) is 2.63. The number of aromatic nitrogens is 2. The van der Waals surface area contributed by atoms with Crippen LogP contribution >= 0.6 is 11.6 Å². The van der Waals surface area contributed by atoms with Gasteiger partial charge in [0.15, 0.2) is 0 Å². The van der Waals surface area contributed by atoms with E-state index < -0.39 is 0 Å². The number of piperidine rings is 1. The minimum atomic E-state index is 0.0891. The van der Waals surface area contributed by atoms with Gasteiger partial charge in [0.25, 0.3) is 0 Å². The third kappa shape index (κ3) is 4.42. The molecule has 1 aromatic carbocycles. The molecular weight excluding hydrogens is 314 g/mol. The van der Waals surface area contributed by atoms with E-state index in [4.69, 9.17) is 16.3 Å². The molecule has 0 radical (unpaired) electrons. The summed E-state index contributed by atoms with van der Waals surface area (Å²) in [4.78, 5) is 14.2. The zero-order chi connectivity index (χ0) is 16.1. The zero-order valence-electron chi connectivity index (χ0n) is 12.7. The second-order valence-electron chi connectivity index (χ2n) is 5.56. The Labute approximate surface area is 140 Å². The molecule has 2 aromatic rings. The van der Waals surface area contributed by atoms with Crippen molar-refractivity contribution in [3.05, 3.63) is 53.2 Å². The van der Waals surface area contributed by atoms with Crippen LogP contribution in [0.4, 0.5) is 0 Å². The predicted molar refractivity (Wildman–Crippen MR) is 87.4 cm³/mol. The Kier molecular flexibility index (Phi) is 5.08. The molecule has 1 aliphatic heterocycles. The van der Waals surface area contributed by atoms with Gasteiger partial charge in [0.05, 0.1) is 6.42 Å². The van der Waals surface area contributed by atoms with Crippen LogP contribution in [0.2, 0.25) is 5.02 Å². The first-order valence-electron chi connectivity index (χ1n) is 7.67. The van der Waals surface area contributed by atoms with Crippen molar-refractivity contribution in [2.75, 3.05) is 13.1 Å². The van der Waals surface area contributed by atoms with Gasteiger partial charge in [-0.25, -0.2) is 0 Å². The molecule has 1 amide bonds. The van der Waals surface area contributed by atoms with Gasteiger partial charge in [-0.15, -0.1) is 5.10 Å². The van der Waals surface area contributed by atoms with E-state index in [1.807, 2.05) is 29.2 Å². The highest BCUT2D eigenvalue weighted by Crippen LogP contribution is 2.18. The topological polar surface area (TPSA) is 55.3 Å². The maximum absolute atomic E-state index is 12.3. The molecule has 1 aliphatic rings. The number of carbonyl (C=O) groups is 1. The first kappa shape index (κ1) is 15.7. The minimum absolute atomic E-state index is 0.0891. The highest BCUT2D eigenvalue weighted by Gasteiger charge is 2.24. The van der Waals surface area contributed by atoms with E-state index in [0.717, 1.165) is 18.4 Å². The van der Waals surface area contributed by atoms with E-state index in [9.17, 15) is 4.79 Å². The number of carbonyl (C=O) groups excluding carboxylic acids is 1. The smallest absolute Gasteiger partial charge is 0.233 e. The highest BCUT2D eigenvalue weighted by molar-refractivity contribution is 6.30. The SMILES string of the molecule is O=C(Cc1ccc(Cl)cc1)N1CCC(Oc2cccnn2)CC1. The van der Waals surface area contributed by atoms with Gasteiger partial charge in [0.1, 0.15) is 6.10 Å². The monoisotopic (exact) mass is 331 g/mol. The number of benzene rings is 1. The van der Waals surface area contributed by atoms with Crippen molar-refractivity contribution in [1.29, 1.82) is 0 Å². The molecule has 1 fully saturated rings. The second-order valence-corrected chi connectivity index (χ2v) is 6.00. The summed E-state index contributed by atoms with van der Waals surface area (Å²) in [7, 11) is 0. The average molecular weight is 332 g/mol. The van der Waals surface area contributed by atoms with Crippen LogP contribution < -0.4 is 4.74 Å². The summed E-state index contributed by atoms with van der Waals surface area (Å²) in [6, 6.07) is 11.0. The van der Waals surface area contributed by atoms with E-state index in [1.54, 1.807) is 18.3 Å². The van der Waals surface area contributed by atoms with Crippen LogP contribution in [0.3, 0.4) is 0 Å². The Hall–Kier alpha value is -2.14. The highest BCUT2D eigenvalue weighted by atomic mass is 35.5. The van der Waals surface area contributed by atoms with Crippen LogP contribution in [0.25, 0.3) is 0 Å². The average Bonchev–Trinajstić information content (AvgIpc) is 2.58. The molecule has 6 heteroatoms. The number of halogens is 1. The Morgan fingerprint density at radius 3 is 2.61 bits per heavy atom. The van der Waals surface area contributed by atoms with Crippen LogP contribution in [-0.4, -0.2) is 40.2 Å². The Bertz CT molecular complexity index is 641. The maximum Gasteiger partial charge on any atom is 0.233 e. The molecule has 0 saturated carbocycles. The van der Waals surface area contributed by atoms with E-state index in [1.165, 1.54) is 0 Å². The number of rotatable bonds is 4. The first-order valence-corrected chi connectivity index (χ1v) is 8.05. The Morgan fingerprint density at radius 2 is 1.96 bits per heavy atom. The van der Waals surface area contributed by atoms with Crippen molar-refractivity contribution >= 4 is 17.5 Å². The third-order valence-electron chi connectivity index (χ3n) is 3.90. The number of likely N-dealkylation sites (tertiary alicyclic amines) is 1. The van der Waals surface area contributed by atoms with Gasteiger partial charge in [-0.2, -0.15) is 5.10 Å². The van der Waals surface area contributed by atoms with Crippen molar-refractivity contribution in [2.24, 2.45) is 0 Å². The summed E-state index contributed by atoms with van der Waals surface area (Å²) in [6.45, 7) is 1.41. The lowest BCUT2D eigenvalue weighted by molar-refractivity contribution is -0.132. The van der Waals surface area contributed by atoms with Gasteiger partial charge in [0, 0.05) is 43.2 Å². The fourth-order valence-corrected chi connectivity index (χ4v) is 2.76. The van der Waals surface area contributed by atoms with E-state index in [0.29, 0.717) is 30.4 Å². The number of amides is 1. The molecule has 0 atom stereocenters. The van der Waals surface area contributed by atoms with Gasteiger partial charge < -0.3 is 9.64 Å². The molecule has 5 nitrogen and oxygen atoms in total. The predicted octanol–water partition coefficient (Wildman–Crippen LogP) is 2.74. The normalized spacial score (nSPS) is 15.4. The largest absolute Gasteiger partial charge is 0.473 e. The Balaban J connectivity index is 1.48. The van der Waals surface area contributed by atoms with Crippen LogP contribution in [-0.2, 0) is 11.2 Å². The maximum atomic E-state index is 12.3. The Morgan fingerprint density at radius 1 is 1.22 bits per heavy atom. The summed E-state index contributed by atoms with van der Waals surface area (Å²) in [6.07, 6.45) is 3.73. The number of hydrogen-bond acceptors (Lipinski definition) is 4. The van der Waals surface area contributed by atoms with Crippen LogP contribution in [0, 0.1) is 0 Å². The van der Waals surface area contributed by atoms with Crippen molar-refractivity contribution < 1.29 is 9.53 Å². The lowest BCUT2D eigenvalue weighted by atomic mass is 10.1. The van der Waals surface area contributed by atoms with Gasteiger partial charge in [-0.3, -0.25) is 4.79 Å². The summed E-state index contributed by atoms with van der Waals surface area (Å²) in [5.74, 6) is 0.684. The van der Waals surface area contributed by atoms with Crippen molar-refractivity contribution in [3.8, 4) is 5.88 Å². The molecule has 0 spiro atoms. The minimum Gasteiger partial charge on any atom is -0.473 e. The lowest BCUT2D eigenvalue weighted by Crippen LogP contribution is -2.42. The molecule has 1 aromatic heterocycles. The molecule has 3 rings (SSSR count). The van der Waals surface area contributed by atoms with Crippen molar-refractivity contribution in [2.45, 2.75) is 25.4 Å². The molecule has 0 unspecified atom stereocenters. The molecule has 1 saturated heterocycles. The lowest BCUT2D eigenvalue weighted by Gasteiger charge is -2.32. The molecule has 0 N–H and O–H groups in total. The molecule has 23 heavy (non-hydrogen) atoms. The summed E-state index contributed by atoms with van der Waals surface area (Å²) < 4.78 is 5.79. The van der Waals surface area contributed by atoms with Crippen LogP contribution in [0.1, 0.15) is 18.4 Å². The van der Waals surface area contributed by atoms with Crippen molar-refractivity contribution in [1.82, 2.24) is 15.1 Å². The summed E-state index contributed by atoms with van der Waals surface area (Å²) >= 11 is 5.86. The third-order valence-corrected chi connectivity index (χ3v) is 4.15. The molecule has 0 bridgehead atoms. The first-order chi connectivity index (χ1) is 11.2. The molecular formula is C17H18ClN3O2. The van der Waals surface area contributed by atoms with Gasteiger partial charge in [-0.05, 0) is 23.8 Å². The zero-order valence-corrected chi connectivity index (χ0v) is 13.4.